The quantitative estimate of drug-likeness (QED) is 0.790. The Kier molecular flexibility index (Phi) is 5.00. The van der Waals surface area contributed by atoms with Crippen molar-refractivity contribution in [1.29, 1.82) is 0 Å². The van der Waals surface area contributed by atoms with E-state index in [9.17, 15) is 9.90 Å². The number of carbonyl (C=O) groups excluding carboxylic acids is 1. The van der Waals surface area contributed by atoms with Crippen LogP contribution in [0.4, 0.5) is 5.95 Å². The minimum absolute atomic E-state index is 0.179. The van der Waals surface area contributed by atoms with Gasteiger partial charge in [0, 0.05) is 25.5 Å². The van der Waals surface area contributed by atoms with Gasteiger partial charge in [-0.05, 0) is 30.4 Å². The van der Waals surface area contributed by atoms with Gasteiger partial charge < -0.3 is 15.3 Å². The van der Waals surface area contributed by atoms with Crippen molar-refractivity contribution in [2.45, 2.75) is 31.8 Å². The number of β-amino-alcohol motifs (C(OH)–C–C–N with tert-alkyl or cyclic N) is 1. The Balaban J connectivity index is 1.58. The highest BCUT2D eigenvalue weighted by molar-refractivity contribution is 7.08. The molecule has 0 radical (unpaired) electrons. The minimum Gasteiger partial charge on any atom is -0.386 e. The number of aryl methyl sites for hydroxylation is 1. The number of nitrogens with one attached hydrogen (secondary N) is 1. The summed E-state index contributed by atoms with van der Waals surface area (Å²) in [7, 11) is 0. The van der Waals surface area contributed by atoms with Crippen molar-refractivity contribution in [1.82, 2.24) is 24.9 Å². The number of aliphatic hydroxyl groups is 1. The van der Waals surface area contributed by atoms with Gasteiger partial charge in [-0.1, -0.05) is 17.8 Å². The van der Waals surface area contributed by atoms with Crippen molar-refractivity contribution >= 4 is 23.4 Å². The molecule has 8 nitrogen and oxygen atoms in total. The molecule has 1 aliphatic rings. The Labute approximate surface area is 144 Å². The lowest BCUT2D eigenvalue weighted by atomic mass is 10.0. The van der Waals surface area contributed by atoms with Crippen LogP contribution < -0.4 is 10.2 Å². The van der Waals surface area contributed by atoms with Gasteiger partial charge in [-0.3, -0.25) is 4.79 Å². The number of hydrogen-bond donors (Lipinski definition) is 2. The van der Waals surface area contributed by atoms with Crippen LogP contribution in [0.1, 0.15) is 35.1 Å². The van der Waals surface area contributed by atoms with E-state index in [0.717, 1.165) is 30.1 Å². The van der Waals surface area contributed by atoms with Gasteiger partial charge in [0.05, 0.1) is 12.2 Å². The van der Waals surface area contributed by atoms with Crippen molar-refractivity contribution in [2.75, 3.05) is 24.5 Å². The molecule has 3 heterocycles. The van der Waals surface area contributed by atoms with E-state index in [1.165, 1.54) is 0 Å². The van der Waals surface area contributed by atoms with E-state index >= 15 is 0 Å². The molecule has 1 fully saturated rings. The van der Waals surface area contributed by atoms with Crippen LogP contribution in [0.2, 0.25) is 0 Å². The third kappa shape index (κ3) is 3.68. The molecule has 0 saturated carbocycles. The highest BCUT2D eigenvalue weighted by atomic mass is 32.1. The first-order valence-corrected chi connectivity index (χ1v) is 8.72. The molecule has 1 aliphatic heterocycles. The molecule has 9 heteroatoms. The SMILES string of the molecule is CCCc1nnsc1C(=O)NC[C@@]1(O)CCN(c2ncccn2)C1. The van der Waals surface area contributed by atoms with Crippen molar-refractivity contribution in [3.05, 3.63) is 29.0 Å². The molecule has 0 aromatic carbocycles. The first-order chi connectivity index (χ1) is 11.6. The van der Waals surface area contributed by atoms with Gasteiger partial charge in [-0.25, -0.2) is 9.97 Å². The second-order valence-electron chi connectivity index (χ2n) is 5.93. The highest BCUT2D eigenvalue weighted by Gasteiger charge is 2.37. The maximum Gasteiger partial charge on any atom is 0.265 e. The average Bonchev–Trinajstić information content (AvgIpc) is 3.21. The molecular formula is C15H20N6O2S. The van der Waals surface area contributed by atoms with Crippen LogP contribution >= 0.6 is 11.5 Å². The molecule has 24 heavy (non-hydrogen) atoms. The fraction of sp³-hybridized carbons (Fsp3) is 0.533. The second kappa shape index (κ2) is 7.18. The van der Waals surface area contributed by atoms with Crippen LogP contribution in [0.3, 0.4) is 0 Å². The van der Waals surface area contributed by atoms with Crippen molar-refractivity contribution in [2.24, 2.45) is 0 Å². The van der Waals surface area contributed by atoms with E-state index in [4.69, 9.17) is 0 Å². The zero-order valence-electron chi connectivity index (χ0n) is 13.5. The molecule has 0 bridgehead atoms. The number of hydrogen-bond acceptors (Lipinski definition) is 8. The van der Waals surface area contributed by atoms with Gasteiger partial charge in [0.1, 0.15) is 10.5 Å². The second-order valence-corrected chi connectivity index (χ2v) is 6.68. The number of rotatable bonds is 6. The standard InChI is InChI=1S/C15H20N6O2S/c1-2-4-11-12(24-20-19-11)13(22)18-9-15(23)5-8-21(10-15)14-16-6-3-7-17-14/h3,6-7,23H,2,4-5,8-10H2,1H3,(H,18,22)/t15-/m0/s1. The summed E-state index contributed by atoms with van der Waals surface area (Å²) in [5.74, 6) is 0.368. The molecule has 2 N–H and O–H groups in total. The summed E-state index contributed by atoms with van der Waals surface area (Å²) in [4.78, 5) is 23.2. The zero-order valence-corrected chi connectivity index (χ0v) is 14.3. The van der Waals surface area contributed by atoms with E-state index in [0.29, 0.717) is 30.3 Å². The molecule has 2 aromatic rings. The van der Waals surface area contributed by atoms with E-state index < -0.39 is 5.60 Å². The largest absolute Gasteiger partial charge is 0.386 e. The number of nitrogens with zero attached hydrogens (tertiary/aromatic N) is 5. The van der Waals surface area contributed by atoms with Crippen molar-refractivity contribution in [3.8, 4) is 0 Å². The normalized spacial score (nSPS) is 20.3. The van der Waals surface area contributed by atoms with Gasteiger partial charge in [-0.15, -0.1) is 5.10 Å². The number of anilines is 1. The molecule has 3 rings (SSSR count). The third-order valence-electron chi connectivity index (χ3n) is 3.99. The summed E-state index contributed by atoms with van der Waals surface area (Å²) in [6, 6.07) is 1.75. The molecule has 128 valence electrons. The first-order valence-electron chi connectivity index (χ1n) is 7.95. The monoisotopic (exact) mass is 348 g/mol. The lowest BCUT2D eigenvalue weighted by molar-refractivity contribution is 0.0576. The molecule has 1 amide bonds. The smallest absolute Gasteiger partial charge is 0.265 e. The Morgan fingerprint density at radius 1 is 1.46 bits per heavy atom. The van der Waals surface area contributed by atoms with Gasteiger partial charge in [0.25, 0.3) is 5.91 Å². The van der Waals surface area contributed by atoms with E-state index in [2.05, 4.69) is 24.9 Å². The summed E-state index contributed by atoms with van der Waals surface area (Å²) < 4.78 is 3.85. The Morgan fingerprint density at radius 3 is 3.00 bits per heavy atom. The molecule has 2 aromatic heterocycles. The fourth-order valence-corrected chi connectivity index (χ4v) is 3.36. The maximum absolute atomic E-state index is 12.3. The lowest BCUT2D eigenvalue weighted by Crippen LogP contribution is -2.45. The van der Waals surface area contributed by atoms with Crippen LogP contribution in [0.15, 0.2) is 18.5 Å². The van der Waals surface area contributed by atoms with Crippen molar-refractivity contribution in [3.63, 3.8) is 0 Å². The minimum atomic E-state index is -0.988. The highest BCUT2D eigenvalue weighted by Crippen LogP contribution is 2.24. The van der Waals surface area contributed by atoms with Crippen LogP contribution in [-0.2, 0) is 6.42 Å². The van der Waals surface area contributed by atoms with Crippen LogP contribution in [-0.4, -0.2) is 55.8 Å². The molecule has 0 spiro atoms. The molecule has 1 saturated heterocycles. The van der Waals surface area contributed by atoms with Crippen molar-refractivity contribution < 1.29 is 9.90 Å². The number of aromatic nitrogens is 4. The van der Waals surface area contributed by atoms with Gasteiger partial charge in [0.2, 0.25) is 5.95 Å². The first kappa shape index (κ1) is 16.7. The molecule has 0 unspecified atom stereocenters. The van der Waals surface area contributed by atoms with Gasteiger partial charge >= 0.3 is 0 Å². The summed E-state index contributed by atoms with van der Waals surface area (Å²) in [5.41, 5.74) is -0.268. The van der Waals surface area contributed by atoms with Crippen LogP contribution in [0.25, 0.3) is 0 Å². The zero-order chi connectivity index (χ0) is 17.0. The topological polar surface area (TPSA) is 104 Å². The van der Waals surface area contributed by atoms with E-state index in [-0.39, 0.29) is 12.5 Å². The van der Waals surface area contributed by atoms with Crippen LogP contribution in [0.5, 0.6) is 0 Å². The fourth-order valence-electron chi connectivity index (χ4n) is 2.73. The van der Waals surface area contributed by atoms with Crippen LogP contribution in [0, 0.1) is 0 Å². The molecular weight excluding hydrogens is 328 g/mol. The predicted molar refractivity (Wildman–Crippen MR) is 90.0 cm³/mol. The lowest BCUT2D eigenvalue weighted by Gasteiger charge is -2.23. The number of carbonyl (C=O) groups is 1. The Bertz CT molecular complexity index is 694. The van der Waals surface area contributed by atoms with E-state index in [1.807, 2.05) is 11.8 Å². The summed E-state index contributed by atoms with van der Waals surface area (Å²) in [6.45, 7) is 3.25. The third-order valence-corrected chi connectivity index (χ3v) is 4.76. The summed E-state index contributed by atoms with van der Waals surface area (Å²) in [5, 5.41) is 17.5. The van der Waals surface area contributed by atoms with Gasteiger partial charge in [-0.2, -0.15) is 0 Å². The predicted octanol–water partition coefficient (Wildman–Crippen LogP) is 0.652. The molecule has 0 aliphatic carbocycles. The molecule has 1 atom stereocenters. The Hall–Kier alpha value is -2.13. The average molecular weight is 348 g/mol. The summed E-state index contributed by atoms with van der Waals surface area (Å²) in [6.07, 6.45) is 5.53. The number of amides is 1. The maximum atomic E-state index is 12.3. The Morgan fingerprint density at radius 2 is 2.25 bits per heavy atom. The van der Waals surface area contributed by atoms with E-state index in [1.54, 1.807) is 18.5 Å². The summed E-state index contributed by atoms with van der Waals surface area (Å²) >= 11 is 1.09. The van der Waals surface area contributed by atoms with Gasteiger partial charge in [0.15, 0.2) is 0 Å².